The number of nitrogens with one attached hydrogen (secondary N) is 1. The van der Waals surface area contributed by atoms with Crippen molar-refractivity contribution in [3.63, 3.8) is 0 Å². The first-order valence-electron chi connectivity index (χ1n) is 9.52. The van der Waals surface area contributed by atoms with Gasteiger partial charge in [0.25, 0.3) is 5.91 Å². The number of hydrogen-bond donors (Lipinski definition) is 1. The molecule has 1 heterocycles. The highest BCUT2D eigenvalue weighted by Gasteiger charge is 2.18. The molecule has 0 fully saturated rings. The van der Waals surface area contributed by atoms with Gasteiger partial charge in [0.2, 0.25) is 0 Å². The lowest BCUT2D eigenvalue weighted by molar-refractivity contribution is 0.0928. The van der Waals surface area contributed by atoms with Crippen LogP contribution in [0.25, 0.3) is 21.7 Å². The molecule has 0 unspecified atom stereocenters. The van der Waals surface area contributed by atoms with Gasteiger partial charge in [-0.15, -0.1) is 0 Å². The number of amides is 1. The van der Waals surface area contributed by atoms with Gasteiger partial charge < -0.3 is 19.2 Å². The van der Waals surface area contributed by atoms with Gasteiger partial charge in [-0.25, -0.2) is 0 Å². The Labute approximate surface area is 169 Å². The van der Waals surface area contributed by atoms with Gasteiger partial charge in [0, 0.05) is 22.9 Å². The molecule has 0 aliphatic heterocycles. The molecule has 0 saturated heterocycles. The summed E-state index contributed by atoms with van der Waals surface area (Å²) in [6.45, 7) is 2.41. The van der Waals surface area contributed by atoms with Gasteiger partial charge in [-0.3, -0.25) is 4.79 Å². The van der Waals surface area contributed by atoms with E-state index in [9.17, 15) is 4.79 Å². The van der Waals surface area contributed by atoms with E-state index in [0.29, 0.717) is 30.2 Å². The number of methoxy groups -OCH3 is 2. The van der Waals surface area contributed by atoms with Gasteiger partial charge in [0.15, 0.2) is 17.3 Å². The fraction of sp³-hybridized carbons (Fsp3) is 0.208. The van der Waals surface area contributed by atoms with Crippen molar-refractivity contribution in [1.29, 1.82) is 0 Å². The highest BCUT2D eigenvalue weighted by atomic mass is 16.5. The Kier molecular flexibility index (Phi) is 5.12. The van der Waals surface area contributed by atoms with Gasteiger partial charge in [-0.2, -0.15) is 0 Å². The molecule has 0 saturated carbocycles. The summed E-state index contributed by atoms with van der Waals surface area (Å²) >= 11 is 0. The molecule has 1 aromatic heterocycles. The first-order chi connectivity index (χ1) is 14.1. The number of fused-ring (bicyclic) bond motifs is 3. The van der Waals surface area contributed by atoms with Crippen LogP contribution in [0.5, 0.6) is 11.5 Å². The molecule has 0 aliphatic carbocycles. The van der Waals surface area contributed by atoms with E-state index in [2.05, 4.69) is 11.4 Å². The van der Waals surface area contributed by atoms with Crippen molar-refractivity contribution >= 4 is 27.6 Å². The molecule has 0 bridgehead atoms. The van der Waals surface area contributed by atoms with E-state index < -0.39 is 0 Å². The van der Waals surface area contributed by atoms with Gasteiger partial charge in [0.1, 0.15) is 5.58 Å². The van der Waals surface area contributed by atoms with E-state index in [1.54, 1.807) is 14.2 Å². The molecular weight excluding hydrogens is 366 g/mol. The molecule has 1 amide bonds. The number of ether oxygens (including phenoxy) is 2. The second kappa shape index (κ2) is 7.87. The van der Waals surface area contributed by atoms with Gasteiger partial charge >= 0.3 is 0 Å². The molecule has 4 rings (SSSR count). The third-order valence-electron chi connectivity index (χ3n) is 5.18. The summed E-state index contributed by atoms with van der Waals surface area (Å²) < 4.78 is 16.6. The van der Waals surface area contributed by atoms with E-state index in [0.717, 1.165) is 32.9 Å². The largest absolute Gasteiger partial charge is 0.493 e. The molecule has 0 spiro atoms. The first-order valence-corrected chi connectivity index (χ1v) is 9.52. The summed E-state index contributed by atoms with van der Waals surface area (Å²) in [5.74, 6) is 1.52. The number of furan rings is 1. The number of rotatable bonds is 6. The van der Waals surface area contributed by atoms with E-state index in [4.69, 9.17) is 13.9 Å². The predicted molar refractivity (Wildman–Crippen MR) is 114 cm³/mol. The molecule has 0 aliphatic rings. The average Bonchev–Trinajstić information content (AvgIpc) is 3.10. The molecule has 5 heteroatoms. The maximum atomic E-state index is 12.7. The average molecular weight is 389 g/mol. The second-order valence-electron chi connectivity index (χ2n) is 6.91. The molecule has 5 nitrogen and oxygen atoms in total. The van der Waals surface area contributed by atoms with Crippen LogP contribution in [-0.4, -0.2) is 26.7 Å². The molecule has 0 radical (unpaired) electrons. The van der Waals surface area contributed by atoms with Crippen molar-refractivity contribution < 1.29 is 18.7 Å². The van der Waals surface area contributed by atoms with Gasteiger partial charge in [-0.1, -0.05) is 42.5 Å². The van der Waals surface area contributed by atoms with Crippen molar-refractivity contribution in [3.05, 3.63) is 71.5 Å². The Morgan fingerprint density at radius 3 is 2.55 bits per heavy atom. The quantitative estimate of drug-likeness (QED) is 0.510. The maximum absolute atomic E-state index is 12.7. The van der Waals surface area contributed by atoms with Crippen LogP contribution in [0.2, 0.25) is 0 Å². The van der Waals surface area contributed by atoms with Crippen LogP contribution < -0.4 is 14.8 Å². The van der Waals surface area contributed by atoms with Crippen LogP contribution >= 0.6 is 0 Å². The van der Waals surface area contributed by atoms with Crippen molar-refractivity contribution in [2.45, 2.75) is 13.3 Å². The number of benzene rings is 3. The molecule has 4 aromatic rings. The minimum absolute atomic E-state index is 0.205. The Morgan fingerprint density at radius 1 is 0.966 bits per heavy atom. The van der Waals surface area contributed by atoms with Crippen LogP contribution in [0.4, 0.5) is 0 Å². The second-order valence-corrected chi connectivity index (χ2v) is 6.91. The van der Waals surface area contributed by atoms with Crippen molar-refractivity contribution in [2.24, 2.45) is 0 Å². The smallest absolute Gasteiger partial charge is 0.287 e. The highest BCUT2D eigenvalue weighted by Crippen LogP contribution is 2.32. The van der Waals surface area contributed by atoms with Crippen LogP contribution in [0.3, 0.4) is 0 Å². The third kappa shape index (κ3) is 3.51. The number of aryl methyl sites for hydroxylation is 1. The lowest BCUT2D eigenvalue weighted by Crippen LogP contribution is -2.25. The first kappa shape index (κ1) is 18.9. The predicted octanol–water partition coefficient (Wildman–Crippen LogP) is 4.88. The van der Waals surface area contributed by atoms with Crippen molar-refractivity contribution in [1.82, 2.24) is 5.32 Å². The molecule has 148 valence electrons. The Balaban J connectivity index is 1.51. The standard InChI is InChI=1S/C24H23NO4/c1-15-18-10-9-17-6-4-5-7-19(17)23(18)29-22(15)24(26)25-13-12-16-8-11-20(27-2)21(14-16)28-3/h4-11,14H,12-13H2,1-3H3,(H,25,26). The zero-order chi connectivity index (χ0) is 20.4. The van der Waals surface area contributed by atoms with Gasteiger partial charge in [0.05, 0.1) is 14.2 Å². The number of hydrogen-bond acceptors (Lipinski definition) is 4. The maximum Gasteiger partial charge on any atom is 0.287 e. The molecule has 29 heavy (non-hydrogen) atoms. The van der Waals surface area contributed by atoms with Gasteiger partial charge in [-0.05, 0) is 36.4 Å². The van der Waals surface area contributed by atoms with E-state index in [1.165, 1.54) is 0 Å². The number of carbonyl (C=O) groups excluding carboxylic acids is 1. The molecule has 3 aromatic carbocycles. The summed E-state index contributed by atoms with van der Waals surface area (Å²) in [4.78, 5) is 12.7. The molecule has 1 N–H and O–H groups in total. The molecular formula is C24H23NO4. The van der Waals surface area contributed by atoms with Crippen molar-refractivity contribution in [2.75, 3.05) is 20.8 Å². The van der Waals surface area contributed by atoms with Crippen LogP contribution in [0.15, 0.2) is 59.0 Å². The van der Waals surface area contributed by atoms with E-state index in [1.807, 2.05) is 55.5 Å². The lowest BCUT2D eigenvalue weighted by Gasteiger charge is -2.10. The lowest BCUT2D eigenvalue weighted by atomic mass is 10.1. The van der Waals surface area contributed by atoms with Crippen LogP contribution in [0.1, 0.15) is 21.7 Å². The topological polar surface area (TPSA) is 60.7 Å². The van der Waals surface area contributed by atoms with Crippen LogP contribution in [-0.2, 0) is 6.42 Å². The fourth-order valence-electron chi connectivity index (χ4n) is 3.60. The Morgan fingerprint density at radius 2 is 1.76 bits per heavy atom. The summed E-state index contributed by atoms with van der Waals surface area (Å²) in [5, 5.41) is 6.03. The zero-order valence-corrected chi connectivity index (χ0v) is 16.7. The minimum atomic E-state index is -0.205. The summed E-state index contributed by atoms with van der Waals surface area (Å²) in [6.07, 6.45) is 0.675. The summed E-state index contributed by atoms with van der Waals surface area (Å²) in [6, 6.07) is 17.8. The fourth-order valence-corrected chi connectivity index (χ4v) is 3.60. The van der Waals surface area contributed by atoms with Crippen LogP contribution in [0, 0.1) is 6.92 Å². The van der Waals surface area contributed by atoms with Crippen molar-refractivity contribution in [3.8, 4) is 11.5 Å². The summed E-state index contributed by atoms with van der Waals surface area (Å²) in [5.41, 5.74) is 2.66. The third-order valence-corrected chi connectivity index (χ3v) is 5.18. The SMILES string of the molecule is COc1ccc(CCNC(=O)c2oc3c(ccc4ccccc43)c2C)cc1OC. The van der Waals surface area contributed by atoms with E-state index >= 15 is 0 Å². The molecule has 0 atom stereocenters. The normalized spacial score (nSPS) is 11.0. The summed E-state index contributed by atoms with van der Waals surface area (Å²) in [7, 11) is 3.22. The Hall–Kier alpha value is -3.47. The van der Waals surface area contributed by atoms with E-state index in [-0.39, 0.29) is 5.91 Å². The monoisotopic (exact) mass is 389 g/mol. The Bertz CT molecular complexity index is 1190. The highest BCUT2D eigenvalue weighted by molar-refractivity contribution is 6.08. The minimum Gasteiger partial charge on any atom is -0.493 e. The zero-order valence-electron chi connectivity index (χ0n) is 16.7. The number of carbonyl (C=O) groups is 1.